The molecule has 22 heavy (non-hydrogen) atoms. The van der Waals surface area contributed by atoms with Crippen molar-refractivity contribution in [1.82, 2.24) is 0 Å². The second kappa shape index (κ2) is 8.93. The van der Waals surface area contributed by atoms with Crippen LogP contribution in [-0.4, -0.2) is 24.9 Å². The van der Waals surface area contributed by atoms with Gasteiger partial charge in [-0.2, -0.15) is 0 Å². The van der Waals surface area contributed by atoms with Crippen LogP contribution in [0.4, 0.5) is 10.5 Å². The molecule has 0 heterocycles. The number of hydrogen-bond donors (Lipinski definition) is 1. The fourth-order valence-electron chi connectivity index (χ4n) is 2.33. The molecule has 1 aromatic rings. The lowest BCUT2D eigenvalue weighted by Crippen LogP contribution is -2.31. The number of benzene rings is 1. The number of unbranched alkanes of at least 4 members (excludes halogenated alkanes) is 1. The lowest BCUT2D eigenvalue weighted by molar-refractivity contribution is 0.179. The maximum atomic E-state index is 12.0. The summed E-state index contributed by atoms with van der Waals surface area (Å²) in [7, 11) is 1.34. The number of nitrogens with zero attached hydrogens (tertiary/aromatic N) is 1. The highest BCUT2D eigenvalue weighted by Gasteiger charge is 2.20. The van der Waals surface area contributed by atoms with Gasteiger partial charge >= 0.3 is 6.09 Å². The molecular formula is C18H25NO3. The van der Waals surface area contributed by atoms with E-state index in [2.05, 4.69) is 20.1 Å². The van der Waals surface area contributed by atoms with Crippen molar-refractivity contribution in [3.05, 3.63) is 48.6 Å². The quantitative estimate of drug-likeness (QED) is 0.731. The molecule has 120 valence electrons. The minimum Gasteiger partial charge on any atom is -0.508 e. The molecule has 0 unspecified atom stereocenters. The van der Waals surface area contributed by atoms with E-state index in [1.54, 1.807) is 18.2 Å². The molecule has 0 spiro atoms. The summed E-state index contributed by atoms with van der Waals surface area (Å²) >= 11 is 0. The molecule has 0 saturated heterocycles. The van der Waals surface area contributed by atoms with Crippen molar-refractivity contribution in [2.75, 3.05) is 18.6 Å². The zero-order valence-electron chi connectivity index (χ0n) is 13.5. The molecule has 0 bridgehead atoms. The zero-order valence-corrected chi connectivity index (χ0v) is 13.5. The van der Waals surface area contributed by atoms with Gasteiger partial charge in [-0.1, -0.05) is 25.5 Å². The van der Waals surface area contributed by atoms with E-state index in [9.17, 15) is 9.90 Å². The summed E-state index contributed by atoms with van der Waals surface area (Å²) in [6.07, 6.45) is 6.28. The second-order valence-corrected chi connectivity index (χ2v) is 5.08. The second-order valence-electron chi connectivity index (χ2n) is 5.08. The Kier molecular flexibility index (Phi) is 7.23. The summed E-state index contributed by atoms with van der Waals surface area (Å²) < 4.78 is 4.85. The van der Waals surface area contributed by atoms with Gasteiger partial charge in [-0.25, -0.2) is 4.79 Å². The minimum absolute atomic E-state index is 0.182. The average Bonchev–Trinajstić information content (AvgIpc) is 2.52. The number of hydrogen-bond acceptors (Lipinski definition) is 3. The van der Waals surface area contributed by atoms with Crippen molar-refractivity contribution in [1.29, 1.82) is 0 Å². The van der Waals surface area contributed by atoms with Crippen LogP contribution in [0.1, 0.15) is 30.9 Å². The average molecular weight is 303 g/mol. The van der Waals surface area contributed by atoms with E-state index in [0.717, 1.165) is 24.8 Å². The molecule has 1 N–H and O–H groups in total. The molecule has 0 aliphatic rings. The van der Waals surface area contributed by atoms with Crippen molar-refractivity contribution in [2.45, 2.75) is 32.6 Å². The Morgan fingerprint density at radius 2 is 2.09 bits per heavy atom. The highest BCUT2D eigenvalue weighted by atomic mass is 16.5. The number of carbonyl (C=O) groups excluding carboxylic acids is 1. The van der Waals surface area contributed by atoms with Crippen LogP contribution in [0.3, 0.4) is 0 Å². The lowest BCUT2D eigenvalue weighted by Gasteiger charge is -2.24. The van der Waals surface area contributed by atoms with Crippen molar-refractivity contribution in [3.8, 4) is 5.75 Å². The van der Waals surface area contributed by atoms with E-state index < -0.39 is 6.09 Å². The van der Waals surface area contributed by atoms with Gasteiger partial charge in [0, 0.05) is 12.1 Å². The highest BCUT2D eigenvalue weighted by molar-refractivity contribution is 5.89. The Balaban J connectivity index is 3.36. The standard InChI is InChI=1S/C18H25NO3/c1-5-8-10-14-12-16(15(9-6-2)17(20)13-14)19(11-7-3)18(21)22-4/h6-7,12-13,20H,2-3,5,8-11H2,1,4H3. The SMILES string of the molecule is C=CCc1c(O)cc(CCCC)cc1N(CC=C)C(=O)OC. The van der Waals surface area contributed by atoms with Crippen LogP contribution in [-0.2, 0) is 17.6 Å². The van der Waals surface area contributed by atoms with Gasteiger partial charge in [0.25, 0.3) is 0 Å². The topological polar surface area (TPSA) is 49.8 Å². The molecule has 1 amide bonds. The Hall–Kier alpha value is -2.23. The Labute approximate surface area is 132 Å². The summed E-state index contributed by atoms with van der Waals surface area (Å²) in [5.74, 6) is 0.182. The van der Waals surface area contributed by atoms with Crippen LogP contribution in [0.2, 0.25) is 0 Å². The minimum atomic E-state index is -0.475. The monoisotopic (exact) mass is 303 g/mol. The fraction of sp³-hybridized carbons (Fsp3) is 0.389. The third-order valence-electron chi connectivity index (χ3n) is 3.43. The number of allylic oxidation sites excluding steroid dienone is 1. The molecule has 0 aliphatic carbocycles. The highest BCUT2D eigenvalue weighted by Crippen LogP contribution is 2.32. The lowest BCUT2D eigenvalue weighted by atomic mass is 10.0. The van der Waals surface area contributed by atoms with Gasteiger partial charge in [0.15, 0.2) is 0 Å². The number of phenols is 1. The largest absolute Gasteiger partial charge is 0.508 e. The molecule has 0 aromatic heterocycles. The molecule has 1 aromatic carbocycles. The third-order valence-corrected chi connectivity index (χ3v) is 3.43. The molecule has 4 nitrogen and oxygen atoms in total. The van der Waals surface area contributed by atoms with E-state index in [1.165, 1.54) is 12.0 Å². The van der Waals surface area contributed by atoms with Crippen molar-refractivity contribution in [3.63, 3.8) is 0 Å². The number of phenolic OH excluding ortho intramolecular Hbond substituents is 1. The first-order chi connectivity index (χ1) is 10.6. The summed E-state index contributed by atoms with van der Waals surface area (Å²) in [6.45, 7) is 9.82. The predicted octanol–water partition coefficient (Wildman–Crippen LogP) is 4.22. The van der Waals surface area contributed by atoms with E-state index in [4.69, 9.17) is 4.74 Å². The summed E-state index contributed by atoms with van der Waals surface area (Å²) in [4.78, 5) is 13.5. The number of ether oxygens (including phenoxy) is 1. The number of rotatable bonds is 8. The van der Waals surface area contributed by atoms with Gasteiger partial charge in [0.05, 0.1) is 12.8 Å². The van der Waals surface area contributed by atoms with Crippen LogP contribution >= 0.6 is 0 Å². The normalized spacial score (nSPS) is 10.1. The first kappa shape index (κ1) is 17.8. The molecular weight excluding hydrogens is 278 g/mol. The van der Waals surface area contributed by atoms with Crippen LogP contribution in [0, 0.1) is 0 Å². The zero-order chi connectivity index (χ0) is 16.5. The summed E-state index contributed by atoms with van der Waals surface area (Å²) in [5, 5.41) is 10.3. The Bertz CT molecular complexity index is 537. The number of amides is 1. The summed E-state index contributed by atoms with van der Waals surface area (Å²) in [5.41, 5.74) is 2.32. The number of aromatic hydroxyl groups is 1. The maximum Gasteiger partial charge on any atom is 0.414 e. The molecule has 0 fully saturated rings. The number of aryl methyl sites for hydroxylation is 1. The molecule has 0 saturated carbocycles. The predicted molar refractivity (Wildman–Crippen MR) is 90.6 cm³/mol. The van der Waals surface area contributed by atoms with Gasteiger partial charge in [-0.05, 0) is 37.0 Å². The molecule has 0 radical (unpaired) electrons. The van der Waals surface area contributed by atoms with Gasteiger partial charge in [-0.15, -0.1) is 13.2 Å². The van der Waals surface area contributed by atoms with Crippen LogP contribution in [0.25, 0.3) is 0 Å². The van der Waals surface area contributed by atoms with Gasteiger partial charge in [0.2, 0.25) is 0 Å². The third kappa shape index (κ3) is 4.38. The van der Waals surface area contributed by atoms with Gasteiger partial charge < -0.3 is 9.84 Å². The Morgan fingerprint density at radius 3 is 2.64 bits per heavy atom. The van der Waals surface area contributed by atoms with Crippen molar-refractivity contribution in [2.24, 2.45) is 0 Å². The first-order valence-corrected chi connectivity index (χ1v) is 7.51. The molecule has 4 heteroatoms. The van der Waals surface area contributed by atoms with Crippen LogP contribution in [0.15, 0.2) is 37.4 Å². The molecule has 1 rings (SSSR count). The van der Waals surface area contributed by atoms with E-state index in [1.807, 2.05) is 6.07 Å². The Morgan fingerprint density at radius 1 is 1.36 bits per heavy atom. The molecule has 0 atom stereocenters. The number of methoxy groups -OCH3 is 1. The van der Waals surface area contributed by atoms with E-state index in [0.29, 0.717) is 24.2 Å². The van der Waals surface area contributed by atoms with Crippen LogP contribution in [0.5, 0.6) is 5.75 Å². The van der Waals surface area contributed by atoms with Crippen LogP contribution < -0.4 is 4.90 Å². The number of anilines is 1. The summed E-state index contributed by atoms with van der Waals surface area (Å²) in [6, 6.07) is 3.70. The van der Waals surface area contributed by atoms with Gasteiger partial charge in [0.1, 0.15) is 5.75 Å². The van der Waals surface area contributed by atoms with E-state index >= 15 is 0 Å². The smallest absolute Gasteiger partial charge is 0.414 e. The maximum absolute atomic E-state index is 12.0. The van der Waals surface area contributed by atoms with Crippen molar-refractivity contribution < 1.29 is 14.6 Å². The van der Waals surface area contributed by atoms with E-state index in [-0.39, 0.29) is 5.75 Å². The van der Waals surface area contributed by atoms with Gasteiger partial charge in [-0.3, -0.25) is 4.90 Å². The molecule has 0 aliphatic heterocycles. The first-order valence-electron chi connectivity index (χ1n) is 7.51. The fourth-order valence-corrected chi connectivity index (χ4v) is 2.33. The van der Waals surface area contributed by atoms with Crippen molar-refractivity contribution >= 4 is 11.8 Å². The number of carbonyl (C=O) groups is 1.